The summed E-state index contributed by atoms with van der Waals surface area (Å²) in [6, 6.07) is 16.2. The normalized spacial score (nSPS) is 11.9. The number of anilines is 1. The van der Waals surface area contributed by atoms with Crippen molar-refractivity contribution >= 4 is 51.6 Å². The molecule has 2 N–H and O–H groups in total. The predicted molar refractivity (Wildman–Crippen MR) is 144 cm³/mol. The van der Waals surface area contributed by atoms with E-state index in [-0.39, 0.29) is 29.5 Å². The van der Waals surface area contributed by atoms with Crippen LogP contribution in [0.15, 0.2) is 65.1 Å². The van der Waals surface area contributed by atoms with Crippen LogP contribution in [-0.2, 0) is 11.8 Å². The van der Waals surface area contributed by atoms with Gasteiger partial charge in [0.1, 0.15) is 0 Å². The van der Waals surface area contributed by atoms with E-state index >= 15 is 0 Å². The van der Waals surface area contributed by atoms with Gasteiger partial charge in [0.15, 0.2) is 16.1 Å². The van der Waals surface area contributed by atoms with Crippen LogP contribution in [0.1, 0.15) is 36.1 Å². The van der Waals surface area contributed by atoms with Crippen LogP contribution in [0.3, 0.4) is 0 Å². The van der Waals surface area contributed by atoms with Crippen molar-refractivity contribution in [2.24, 2.45) is 13.0 Å². The first-order valence-corrected chi connectivity index (χ1v) is 13.5. The van der Waals surface area contributed by atoms with Crippen molar-refractivity contribution in [1.29, 1.82) is 0 Å². The molecular formula is C25H25ClN6O2S2. The summed E-state index contributed by atoms with van der Waals surface area (Å²) in [5, 5.41) is 18.0. The molecule has 0 aliphatic heterocycles. The molecule has 186 valence electrons. The number of thiazole rings is 1. The van der Waals surface area contributed by atoms with Gasteiger partial charge in [0.2, 0.25) is 5.91 Å². The molecular weight excluding hydrogens is 516 g/mol. The first-order valence-electron chi connectivity index (χ1n) is 11.2. The van der Waals surface area contributed by atoms with Gasteiger partial charge in [-0.3, -0.25) is 9.59 Å². The summed E-state index contributed by atoms with van der Waals surface area (Å²) in [4.78, 5) is 29.8. The third-order valence-electron chi connectivity index (χ3n) is 5.36. The van der Waals surface area contributed by atoms with Crippen molar-refractivity contribution in [3.63, 3.8) is 0 Å². The lowest BCUT2D eigenvalue weighted by atomic mass is 10.0. The van der Waals surface area contributed by atoms with Gasteiger partial charge < -0.3 is 15.2 Å². The van der Waals surface area contributed by atoms with Gasteiger partial charge in [-0.15, -0.1) is 21.5 Å². The van der Waals surface area contributed by atoms with Crippen LogP contribution in [0.2, 0.25) is 5.02 Å². The highest BCUT2D eigenvalue weighted by molar-refractivity contribution is 7.99. The molecule has 0 saturated heterocycles. The number of amides is 2. The van der Waals surface area contributed by atoms with Crippen LogP contribution in [0.5, 0.6) is 0 Å². The Balaban J connectivity index is 1.37. The fraction of sp³-hybridized carbons (Fsp3) is 0.240. The Morgan fingerprint density at radius 2 is 1.81 bits per heavy atom. The molecule has 36 heavy (non-hydrogen) atoms. The van der Waals surface area contributed by atoms with E-state index in [2.05, 4.69) is 25.8 Å². The maximum atomic E-state index is 12.8. The second-order valence-electron chi connectivity index (χ2n) is 8.34. The zero-order valence-corrected chi connectivity index (χ0v) is 22.3. The number of hydrogen-bond acceptors (Lipinski definition) is 7. The minimum absolute atomic E-state index is 0.0639. The average Bonchev–Trinajstić information content (AvgIpc) is 3.48. The summed E-state index contributed by atoms with van der Waals surface area (Å²) < 4.78 is 1.81. The summed E-state index contributed by atoms with van der Waals surface area (Å²) in [6.07, 6.45) is 0. The smallest absolute Gasteiger partial charge is 0.251 e. The second kappa shape index (κ2) is 11.7. The minimum Gasteiger partial charge on any atom is -0.342 e. The van der Waals surface area contributed by atoms with E-state index in [1.54, 1.807) is 24.3 Å². The Hall–Kier alpha value is -3.21. The van der Waals surface area contributed by atoms with Crippen molar-refractivity contribution in [3.8, 4) is 11.3 Å². The van der Waals surface area contributed by atoms with Gasteiger partial charge in [0, 0.05) is 28.6 Å². The number of hydrogen-bond donors (Lipinski definition) is 2. The molecule has 2 aromatic heterocycles. The molecule has 0 bridgehead atoms. The molecule has 4 rings (SSSR count). The largest absolute Gasteiger partial charge is 0.342 e. The Labute approximate surface area is 222 Å². The highest BCUT2D eigenvalue weighted by Gasteiger charge is 2.25. The van der Waals surface area contributed by atoms with Gasteiger partial charge in [0.05, 0.1) is 17.5 Å². The van der Waals surface area contributed by atoms with Gasteiger partial charge in [0.25, 0.3) is 5.91 Å². The first kappa shape index (κ1) is 25.9. The summed E-state index contributed by atoms with van der Waals surface area (Å²) in [5.41, 5.74) is 2.33. The monoisotopic (exact) mass is 540 g/mol. The van der Waals surface area contributed by atoms with Crippen molar-refractivity contribution in [3.05, 3.63) is 76.4 Å². The van der Waals surface area contributed by atoms with E-state index in [4.69, 9.17) is 11.6 Å². The summed E-state index contributed by atoms with van der Waals surface area (Å²) in [7, 11) is 1.83. The Morgan fingerprint density at radius 1 is 1.08 bits per heavy atom. The SMILES string of the molecule is CC(C)[C@@H](NC(=O)c1ccc(Cl)cc1)c1nnc(SCC(=O)Nc2nc(-c3ccccc3)cs2)n1C. The quantitative estimate of drug-likeness (QED) is 0.274. The third-order valence-corrected chi connectivity index (χ3v) is 7.39. The number of nitrogens with one attached hydrogen (secondary N) is 2. The number of carbonyl (C=O) groups excluding carboxylic acids is 2. The maximum absolute atomic E-state index is 12.8. The predicted octanol–water partition coefficient (Wildman–Crippen LogP) is 5.45. The molecule has 0 unspecified atom stereocenters. The molecule has 0 radical (unpaired) electrons. The lowest BCUT2D eigenvalue weighted by molar-refractivity contribution is -0.113. The zero-order valence-electron chi connectivity index (χ0n) is 19.9. The third kappa shape index (κ3) is 6.31. The van der Waals surface area contributed by atoms with E-state index in [0.717, 1.165) is 11.3 Å². The molecule has 0 saturated carbocycles. The number of aromatic nitrogens is 4. The fourth-order valence-corrected chi connectivity index (χ4v) is 5.02. The number of carbonyl (C=O) groups is 2. The fourth-order valence-electron chi connectivity index (χ4n) is 3.44. The number of thioether (sulfide) groups is 1. The van der Waals surface area contributed by atoms with Crippen LogP contribution >= 0.6 is 34.7 Å². The van der Waals surface area contributed by atoms with Crippen molar-refractivity contribution < 1.29 is 9.59 Å². The van der Waals surface area contributed by atoms with Crippen LogP contribution < -0.4 is 10.6 Å². The molecule has 2 amide bonds. The Kier molecular flexibility index (Phi) is 8.40. The van der Waals surface area contributed by atoms with Crippen LogP contribution in [-0.4, -0.2) is 37.3 Å². The van der Waals surface area contributed by atoms with Gasteiger partial charge in [-0.1, -0.05) is 67.5 Å². The van der Waals surface area contributed by atoms with E-state index in [9.17, 15) is 9.59 Å². The van der Waals surface area contributed by atoms with E-state index in [1.807, 2.05) is 61.2 Å². The Morgan fingerprint density at radius 3 is 2.50 bits per heavy atom. The molecule has 2 heterocycles. The van der Waals surface area contributed by atoms with Crippen LogP contribution in [0.25, 0.3) is 11.3 Å². The molecule has 0 fully saturated rings. The highest BCUT2D eigenvalue weighted by Crippen LogP contribution is 2.26. The average molecular weight is 541 g/mol. The van der Waals surface area contributed by atoms with Gasteiger partial charge >= 0.3 is 0 Å². The van der Waals surface area contributed by atoms with E-state index in [0.29, 0.717) is 26.7 Å². The van der Waals surface area contributed by atoms with Gasteiger partial charge in [-0.05, 0) is 30.2 Å². The van der Waals surface area contributed by atoms with E-state index < -0.39 is 0 Å². The molecule has 1 atom stereocenters. The van der Waals surface area contributed by atoms with E-state index in [1.165, 1.54) is 23.1 Å². The minimum atomic E-state index is -0.361. The molecule has 0 spiro atoms. The van der Waals surface area contributed by atoms with Crippen LogP contribution in [0, 0.1) is 5.92 Å². The molecule has 0 aliphatic carbocycles. The second-order valence-corrected chi connectivity index (χ2v) is 10.6. The first-order chi connectivity index (χ1) is 17.3. The molecule has 8 nitrogen and oxygen atoms in total. The number of rotatable bonds is 9. The standard InChI is InChI=1S/C25H25ClN6O2S2/c1-15(2)21(29-23(34)17-9-11-18(26)12-10-17)22-30-31-25(32(22)3)36-14-20(33)28-24-27-19(13-35-24)16-7-5-4-6-8-16/h4-13,15,21H,14H2,1-3H3,(H,29,34)(H,27,28,33)/t21-/m1/s1. The topological polar surface area (TPSA) is 102 Å². The number of nitrogens with zero attached hydrogens (tertiary/aromatic N) is 4. The molecule has 2 aromatic carbocycles. The zero-order chi connectivity index (χ0) is 25.7. The van der Waals surface area contributed by atoms with Crippen molar-refractivity contribution in [1.82, 2.24) is 25.1 Å². The number of benzene rings is 2. The lowest BCUT2D eigenvalue weighted by Crippen LogP contribution is -2.33. The van der Waals surface area contributed by atoms with Crippen molar-refractivity contribution in [2.45, 2.75) is 25.0 Å². The molecule has 0 aliphatic rings. The van der Waals surface area contributed by atoms with Crippen molar-refractivity contribution in [2.75, 3.05) is 11.1 Å². The lowest BCUT2D eigenvalue weighted by Gasteiger charge is -2.21. The molecule has 4 aromatic rings. The highest BCUT2D eigenvalue weighted by atomic mass is 35.5. The summed E-state index contributed by atoms with van der Waals surface area (Å²) >= 11 is 8.58. The Bertz CT molecular complexity index is 1340. The van der Waals surface area contributed by atoms with Gasteiger partial charge in [-0.2, -0.15) is 0 Å². The maximum Gasteiger partial charge on any atom is 0.251 e. The molecule has 11 heteroatoms. The summed E-state index contributed by atoms with van der Waals surface area (Å²) in [6.45, 7) is 4.00. The van der Waals surface area contributed by atoms with Gasteiger partial charge in [-0.25, -0.2) is 4.98 Å². The summed E-state index contributed by atoms with van der Waals surface area (Å²) in [5.74, 6) is 0.419. The number of halogens is 1. The van der Waals surface area contributed by atoms with Crippen LogP contribution in [0.4, 0.5) is 5.13 Å².